The Morgan fingerprint density at radius 3 is 2.17 bits per heavy atom. The molecule has 0 spiro atoms. The number of aliphatic hydroxyl groups is 1. The van der Waals surface area contributed by atoms with Gasteiger partial charge in [-0.25, -0.2) is 0 Å². The summed E-state index contributed by atoms with van der Waals surface area (Å²) in [5.74, 6) is -0.356. The van der Waals surface area contributed by atoms with Gasteiger partial charge in [0.2, 0.25) is 0 Å². The number of hydrogen-bond donors (Lipinski definition) is 2. The molecule has 0 heterocycles. The van der Waals surface area contributed by atoms with Crippen LogP contribution in [-0.4, -0.2) is 17.2 Å². The van der Waals surface area contributed by atoms with Crippen LogP contribution < -0.4 is 5.32 Å². The molecule has 1 atom stereocenters. The summed E-state index contributed by atoms with van der Waals surface area (Å²) in [4.78, 5) is 12.1. The Morgan fingerprint density at radius 2 is 1.65 bits per heavy atom. The molecule has 0 saturated carbocycles. The molecule has 2 N–H and O–H groups in total. The van der Waals surface area contributed by atoms with Crippen molar-refractivity contribution < 1.29 is 23.1 Å². The van der Waals surface area contributed by atoms with Crippen molar-refractivity contribution in [2.75, 3.05) is 5.32 Å². The quantitative estimate of drug-likeness (QED) is 0.707. The maximum Gasteiger partial charge on any atom is 0.421 e. The summed E-state index contributed by atoms with van der Waals surface area (Å²) >= 11 is 2.02. The maximum atomic E-state index is 12.8. The maximum absolute atomic E-state index is 12.8. The Hall–Kier alpha value is -1.61. The predicted octanol–water partition coefficient (Wildman–Crippen LogP) is 4.31. The molecule has 3 nitrogen and oxygen atoms in total. The fraction of sp³-hybridized carbons (Fsp3) is 0.188. The first kappa shape index (κ1) is 17.7. The highest BCUT2D eigenvalue weighted by Crippen LogP contribution is 2.38. The standard InChI is InChI=1S/C16H13F3INO2/c1-15(23,16(17,18)19)10-6-8-11(9-7-10)21-14(22)12-4-2-3-5-13(12)20/h2-9,23H,1H3,(H,21,22). The zero-order valence-corrected chi connectivity index (χ0v) is 14.1. The van der Waals surface area contributed by atoms with Crippen LogP contribution in [0.1, 0.15) is 22.8 Å². The number of nitrogens with one attached hydrogen (secondary N) is 1. The second kappa shape index (κ2) is 6.48. The number of carbonyl (C=O) groups excluding carboxylic acids is 1. The average Bonchev–Trinajstić information content (AvgIpc) is 2.47. The fourth-order valence-corrected chi connectivity index (χ4v) is 2.52. The lowest BCUT2D eigenvalue weighted by Crippen LogP contribution is -2.39. The van der Waals surface area contributed by atoms with Crippen molar-refractivity contribution in [2.45, 2.75) is 18.7 Å². The van der Waals surface area contributed by atoms with Gasteiger partial charge in [-0.3, -0.25) is 4.79 Å². The molecule has 1 amide bonds. The summed E-state index contributed by atoms with van der Waals surface area (Å²) in [5.41, 5.74) is -2.42. The monoisotopic (exact) mass is 435 g/mol. The van der Waals surface area contributed by atoms with E-state index in [4.69, 9.17) is 0 Å². The SMILES string of the molecule is CC(O)(c1ccc(NC(=O)c2ccccc2I)cc1)C(F)(F)F. The molecule has 0 saturated heterocycles. The second-order valence-corrected chi connectivity index (χ2v) is 6.24. The van der Waals surface area contributed by atoms with Crippen LogP contribution in [0.25, 0.3) is 0 Å². The van der Waals surface area contributed by atoms with Crippen molar-refractivity contribution in [2.24, 2.45) is 0 Å². The van der Waals surface area contributed by atoms with Gasteiger partial charge in [-0.2, -0.15) is 13.2 Å². The molecular weight excluding hydrogens is 422 g/mol. The van der Waals surface area contributed by atoms with Crippen LogP contribution in [0, 0.1) is 3.57 Å². The second-order valence-electron chi connectivity index (χ2n) is 5.08. The van der Waals surface area contributed by atoms with E-state index in [1.807, 2.05) is 22.6 Å². The number of carbonyl (C=O) groups is 1. The fourth-order valence-electron chi connectivity index (χ4n) is 1.89. The van der Waals surface area contributed by atoms with Crippen LogP contribution in [0.4, 0.5) is 18.9 Å². The van der Waals surface area contributed by atoms with Gasteiger partial charge in [0.1, 0.15) is 0 Å². The topological polar surface area (TPSA) is 49.3 Å². The molecule has 0 aliphatic carbocycles. The van der Waals surface area contributed by atoms with Crippen LogP contribution in [0.3, 0.4) is 0 Å². The van der Waals surface area contributed by atoms with E-state index in [9.17, 15) is 23.1 Å². The molecular formula is C16H13F3INO2. The lowest BCUT2D eigenvalue weighted by Gasteiger charge is -2.26. The van der Waals surface area contributed by atoms with E-state index in [0.717, 1.165) is 15.7 Å². The first-order chi connectivity index (χ1) is 10.6. The Morgan fingerprint density at radius 1 is 1.09 bits per heavy atom. The van der Waals surface area contributed by atoms with Crippen molar-refractivity contribution in [1.29, 1.82) is 0 Å². The van der Waals surface area contributed by atoms with Crippen molar-refractivity contribution in [3.8, 4) is 0 Å². The molecule has 122 valence electrons. The zero-order chi connectivity index (χ0) is 17.3. The summed E-state index contributed by atoms with van der Waals surface area (Å²) in [6, 6.07) is 11.9. The first-order valence-electron chi connectivity index (χ1n) is 6.58. The summed E-state index contributed by atoms with van der Waals surface area (Å²) in [5, 5.41) is 12.2. The van der Waals surface area contributed by atoms with Crippen LogP contribution >= 0.6 is 22.6 Å². The normalized spacial score (nSPS) is 14.2. The van der Waals surface area contributed by atoms with Gasteiger partial charge in [-0.05, 0) is 59.3 Å². The van der Waals surface area contributed by atoms with E-state index in [1.165, 1.54) is 12.1 Å². The average molecular weight is 435 g/mol. The van der Waals surface area contributed by atoms with Crippen LogP contribution in [0.5, 0.6) is 0 Å². The molecule has 23 heavy (non-hydrogen) atoms. The van der Waals surface area contributed by atoms with Gasteiger partial charge >= 0.3 is 6.18 Å². The number of anilines is 1. The molecule has 0 aromatic heterocycles. The number of rotatable bonds is 3. The van der Waals surface area contributed by atoms with E-state index in [2.05, 4.69) is 5.32 Å². The van der Waals surface area contributed by atoms with Crippen molar-refractivity contribution in [3.05, 3.63) is 63.2 Å². The summed E-state index contributed by atoms with van der Waals surface area (Å²) in [6.07, 6.45) is -4.78. The first-order valence-corrected chi connectivity index (χ1v) is 7.66. The van der Waals surface area contributed by atoms with Gasteiger partial charge in [0.05, 0.1) is 5.56 Å². The molecule has 2 aromatic carbocycles. The highest BCUT2D eigenvalue weighted by molar-refractivity contribution is 14.1. The minimum atomic E-state index is -4.78. The summed E-state index contributed by atoms with van der Waals surface area (Å²) < 4.78 is 39.1. The van der Waals surface area contributed by atoms with E-state index in [-0.39, 0.29) is 11.5 Å². The predicted molar refractivity (Wildman–Crippen MR) is 89.2 cm³/mol. The van der Waals surface area contributed by atoms with Crippen molar-refractivity contribution in [1.82, 2.24) is 0 Å². The van der Waals surface area contributed by atoms with Crippen LogP contribution in [0.2, 0.25) is 0 Å². The molecule has 2 aromatic rings. The number of benzene rings is 2. The molecule has 0 bridgehead atoms. The molecule has 0 fully saturated rings. The van der Waals surface area contributed by atoms with Crippen LogP contribution in [0.15, 0.2) is 48.5 Å². The molecule has 1 unspecified atom stereocenters. The third-order valence-corrected chi connectivity index (χ3v) is 4.32. The van der Waals surface area contributed by atoms with E-state index >= 15 is 0 Å². The van der Waals surface area contributed by atoms with Gasteiger partial charge < -0.3 is 10.4 Å². The minimum Gasteiger partial charge on any atom is -0.376 e. The highest BCUT2D eigenvalue weighted by Gasteiger charge is 2.51. The highest BCUT2D eigenvalue weighted by atomic mass is 127. The molecule has 7 heteroatoms. The van der Waals surface area contributed by atoms with Gasteiger partial charge in [-0.15, -0.1) is 0 Å². The lowest BCUT2D eigenvalue weighted by molar-refractivity contribution is -0.258. The Kier molecular flexibility index (Phi) is 5.00. The van der Waals surface area contributed by atoms with E-state index in [0.29, 0.717) is 18.2 Å². The van der Waals surface area contributed by atoms with Gasteiger partial charge in [0, 0.05) is 9.26 Å². The molecule has 0 radical (unpaired) electrons. The zero-order valence-electron chi connectivity index (χ0n) is 12.0. The minimum absolute atomic E-state index is 0.294. The third-order valence-electron chi connectivity index (χ3n) is 3.38. The van der Waals surface area contributed by atoms with Crippen molar-refractivity contribution >= 4 is 34.2 Å². The Balaban J connectivity index is 2.18. The van der Waals surface area contributed by atoms with Crippen molar-refractivity contribution in [3.63, 3.8) is 0 Å². The number of alkyl halides is 3. The molecule has 2 rings (SSSR count). The summed E-state index contributed by atoms with van der Waals surface area (Å²) in [6.45, 7) is 0.687. The molecule has 0 aliphatic rings. The lowest BCUT2D eigenvalue weighted by atomic mass is 9.95. The third kappa shape index (κ3) is 3.84. The largest absolute Gasteiger partial charge is 0.421 e. The smallest absolute Gasteiger partial charge is 0.376 e. The summed E-state index contributed by atoms with van der Waals surface area (Å²) in [7, 11) is 0. The van der Waals surface area contributed by atoms with E-state index < -0.39 is 11.8 Å². The van der Waals surface area contributed by atoms with Gasteiger partial charge in [-0.1, -0.05) is 24.3 Å². The van der Waals surface area contributed by atoms with Crippen LogP contribution in [-0.2, 0) is 5.60 Å². The number of amides is 1. The van der Waals surface area contributed by atoms with E-state index in [1.54, 1.807) is 24.3 Å². The Labute approximate surface area is 144 Å². The number of hydrogen-bond acceptors (Lipinski definition) is 2. The van der Waals surface area contributed by atoms with Gasteiger partial charge in [0.15, 0.2) is 5.60 Å². The van der Waals surface area contributed by atoms with Gasteiger partial charge in [0.25, 0.3) is 5.91 Å². The number of halogens is 4. The Bertz CT molecular complexity index is 712. The molecule has 0 aliphatic heterocycles.